The molecule has 2 amide bonds. The highest BCUT2D eigenvalue weighted by Gasteiger charge is 2.35. The molecule has 0 aromatic heterocycles. The van der Waals surface area contributed by atoms with Crippen molar-refractivity contribution in [1.29, 1.82) is 0 Å². The number of anilines is 1. The van der Waals surface area contributed by atoms with Crippen LogP contribution in [-0.4, -0.2) is 58.5 Å². The van der Waals surface area contributed by atoms with Crippen LogP contribution in [0.2, 0.25) is 0 Å². The summed E-state index contributed by atoms with van der Waals surface area (Å²) in [6.45, 7) is 5.90. The van der Waals surface area contributed by atoms with E-state index < -0.39 is 28.5 Å². The van der Waals surface area contributed by atoms with Crippen molar-refractivity contribution >= 4 is 27.5 Å². The molecule has 0 spiro atoms. The first kappa shape index (κ1) is 35.0. The summed E-state index contributed by atoms with van der Waals surface area (Å²) >= 11 is 0. The number of amides is 2. The fourth-order valence-corrected chi connectivity index (χ4v) is 6.60. The van der Waals surface area contributed by atoms with Crippen molar-refractivity contribution in [3.63, 3.8) is 0 Å². The van der Waals surface area contributed by atoms with E-state index in [0.717, 1.165) is 21.0 Å². The van der Waals surface area contributed by atoms with Gasteiger partial charge in [0.05, 0.1) is 24.8 Å². The van der Waals surface area contributed by atoms with Crippen LogP contribution in [0.25, 0.3) is 0 Å². The van der Waals surface area contributed by atoms with E-state index in [4.69, 9.17) is 9.47 Å². The number of ether oxygens (including phenoxy) is 2. The molecule has 0 fully saturated rings. The Labute approximate surface area is 278 Å². The van der Waals surface area contributed by atoms with Crippen LogP contribution >= 0.6 is 0 Å². The first-order valence-corrected chi connectivity index (χ1v) is 16.9. The Hall–Kier alpha value is -4.83. The van der Waals surface area contributed by atoms with Crippen molar-refractivity contribution in [2.24, 2.45) is 5.92 Å². The van der Waals surface area contributed by atoms with Crippen LogP contribution in [0.4, 0.5) is 5.69 Å². The second kappa shape index (κ2) is 16.1. The molecular weight excluding hydrogens is 614 g/mol. The highest BCUT2D eigenvalue weighted by Crippen LogP contribution is 2.34. The van der Waals surface area contributed by atoms with E-state index in [0.29, 0.717) is 18.0 Å². The lowest BCUT2D eigenvalue weighted by Crippen LogP contribution is -2.53. The minimum absolute atomic E-state index is 0.0172. The third-order valence-corrected chi connectivity index (χ3v) is 9.61. The molecular formula is C37H43N3O6S. The lowest BCUT2D eigenvalue weighted by atomic mass is 10.0. The summed E-state index contributed by atoms with van der Waals surface area (Å²) < 4.78 is 40.4. The third-order valence-electron chi connectivity index (χ3n) is 7.82. The summed E-state index contributed by atoms with van der Waals surface area (Å²) in [4.78, 5) is 30.1. The molecule has 10 heteroatoms. The van der Waals surface area contributed by atoms with E-state index in [1.165, 1.54) is 37.3 Å². The number of carbonyl (C=O) groups is 2. The molecule has 1 atom stereocenters. The SMILES string of the molecule is COc1ccc(N(CC(=O)N(Cc2ccccc2C)[C@@H](Cc2ccccc2)C(=O)NCC(C)C)S(=O)(=O)c2ccccc2)cc1OC. The van der Waals surface area contributed by atoms with E-state index in [9.17, 15) is 18.0 Å². The van der Waals surface area contributed by atoms with Crippen LogP contribution < -0.4 is 19.1 Å². The molecule has 9 nitrogen and oxygen atoms in total. The van der Waals surface area contributed by atoms with E-state index in [1.54, 1.807) is 30.3 Å². The number of aryl methyl sites for hydroxylation is 1. The molecule has 0 saturated heterocycles. The minimum atomic E-state index is -4.25. The van der Waals surface area contributed by atoms with E-state index in [2.05, 4.69) is 5.32 Å². The standard InChI is InChI=1S/C37H43N3O6S/c1-27(2)24-38-37(42)33(22-29-15-8-6-9-16-29)39(25-30-17-13-12-14-28(30)3)36(41)26-40(47(43,44)32-18-10-7-11-19-32)31-20-21-34(45-4)35(23-31)46-5/h6-21,23,27,33H,22,24-26H2,1-5H3,(H,38,42)/t33-/m0/s1. The molecule has 4 aromatic rings. The van der Waals surface area contributed by atoms with Crippen molar-refractivity contribution in [3.8, 4) is 11.5 Å². The second-order valence-electron chi connectivity index (χ2n) is 11.7. The molecule has 1 N–H and O–H groups in total. The minimum Gasteiger partial charge on any atom is -0.493 e. The Kier molecular flexibility index (Phi) is 12.0. The zero-order chi connectivity index (χ0) is 34.0. The third kappa shape index (κ3) is 8.92. The van der Waals surface area contributed by atoms with Crippen LogP contribution in [-0.2, 0) is 32.6 Å². The lowest BCUT2D eigenvalue weighted by Gasteiger charge is -2.34. The fraction of sp³-hybridized carbons (Fsp3) is 0.297. The van der Waals surface area contributed by atoms with Crippen molar-refractivity contribution in [3.05, 3.63) is 120 Å². The van der Waals surface area contributed by atoms with Gasteiger partial charge in [-0.2, -0.15) is 0 Å². The number of benzene rings is 4. The van der Waals surface area contributed by atoms with E-state index in [-0.39, 0.29) is 35.4 Å². The maximum atomic E-state index is 14.7. The lowest BCUT2D eigenvalue weighted by molar-refractivity contribution is -0.140. The Morgan fingerprint density at radius 2 is 1.43 bits per heavy atom. The maximum absolute atomic E-state index is 14.7. The second-order valence-corrected chi connectivity index (χ2v) is 13.5. The highest BCUT2D eigenvalue weighted by atomic mass is 32.2. The molecule has 248 valence electrons. The topological polar surface area (TPSA) is 105 Å². The number of carbonyl (C=O) groups excluding carboxylic acids is 2. The fourth-order valence-electron chi connectivity index (χ4n) is 5.18. The maximum Gasteiger partial charge on any atom is 0.264 e. The van der Waals surface area contributed by atoms with Gasteiger partial charge in [0.1, 0.15) is 12.6 Å². The van der Waals surface area contributed by atoms with Crippen molar-refractivity contribution in [2.45, 2.75) is 44.7 Å². The number of nitrogens with zero attached hydrogens (tertiary/aromatic N) is 2. The predicted octanol–water partition coefficient (Wildman–Crippen LogP) is 5.62. The summed E-state index contributed by atoms with van der Waals surface area (Å²) in [5, 5.41) is 3.01. The molecule has 0 bridgehead atoms. The summed E-state index contributed by atoms with van der Waals surface area (Å²) in [6, 6.07) is 28.8. The summed E-state index contributed by atoms with van der Waals surface area (Å²) in [5.74, 6) is 0.0488. The monoisotopic (exact) mass is 657 g/mol. The number of sulfonamides is 1. The summed E-state index contributed by atoms with van der Waals surface area (Å²) in [5.41, 5.74) is 2.87. The number of rotatable bonds is 15. The first-order chi connectivity index (χ1) is 22.5. The van der Waals surface area contributed by atoms with Gasteiger partial charge >= 0.3 is 0 Å². The van der Waals surface area contributed by atoms with Crippen LogP contribution in [0.15, 0.2) is 108 Å². The molecule has 0 heterocycles. The summed E-state index contributed by atoms with van der Waals surface area (Å²) in [6.07, 6.45) is 0.240. The van der Waals surface area contributed by atoms with Crippen LogP contribution in [0.5, 0.6) is 11.5 Å². The Balaban J connectivity index is 1.84. The van der Waals surface area contributed by atoms with Crippen LogP contribution in [0.3, 0.4) is 0 Å². The van der Waals surface area contributed by atoms with Gasteiger partial charge in [0.15, 0.2) is 11.5 Å². The first-order valence-electron chi connectivity index (χ1n) is 15.5. The Bertz CT molecular complexity index is 1750. The Morgan fingerprint density at radius 3 is 2.04 bits per heavy atom. The molecule has 4 rings (SSSR count). The average molecular weight is 658 g/mol. The van der Waals surface area contributed by atoms with Gasteiger partial charge in [-0.05, 0) is 53.8 Å². The smallest absolute Gasteiger partial charge is 0.264 e. The Morgan fingerprint density at radius 1 is 0.809 bits per heavy atom. The van der Waals surface area contributed by atoms with Gasteiger partial charge in [0, 0.05) is 25.6 Å². The van der Waals surface area contributed by atoms with E-state index in [1.807, 2.05) is 75.4 Å². The molecule has 47 heavy (non-hydrogen) atoms. The van der Waals surface area contributed by atoms with Gasteiger partial charge < -0.3 is 19.7 Å². The van der Waals surface area contributed by atoms with Gasteiger partial charge in [-0.25, -0.2) is 8.42 Å². The molecule has 0 aliphatic carbocycles. The van der Waals surface area contributed by atoms with Gasteiger partial charge in [-0.1, -0.05) is 86.6 Å². The largest absolute Gasteiger partial charge is 0.493 e. The number of hydrogen-bond acceptors (Lipinski definition) is 6. The average Bonchev–Trinajstić information content (AvgIpc) is 3.08. The van der Waals surface area contributed by atoms with Crippen LogP contribution in [0.1, 0.15) is 30.5 Å². The predicted molar refractivity (Wildman–Crippen MR) is 184 cm³/mol. The summed E-state index contributed by atoms with van der Waals surface area (Å²) in [7, 11) is -1.30. The highest BCUT2D eigenvalue weighted by molar-refractivity contribution is 7.92. The number of methoxy groups -OCH3 is 2. The van der Waals surface area contributed by atoms with Crippen molar-refractivity contribution in [1.82, 2.24) is 10.2 Å². The van der Waals surface area contributed by atoms with Crippen molar-refractivity contribution in [2.75, 3.05) is 31.6 Å². The van der Waals surface area contributed by atoms with Gasteiger partial charge in [0.2, 0.25) is 11.8 Å². The molecule has 0 aliphatic rings. The zero-order valence-corrected chi connectivity index (χ0v) is 28.4. The number of hydrogen-bond donors (Lipinski definition) is 1. The van der Waals surface area contributed by atoms with Crippen molar-refractivity contribution < 1.29 is 27.5 Å². The molecule has 4 aromatic carbocycles. The van der Waals surface area contributed by atoms with E-state index >= 15 is 0 Å². The van der Waals surface area contributed by atoms with Crippen LogP contribution in [0, 0.1) is 12.8 Å². The zero-order valence-electron chi connectivity index (χ0n) is 27.6. The van der Waals surface area contributed by atoms with Gasteiger partial charge in [-0.15, -0.1) is 0 Å². The van der Waals surface area contributed by atoms with Gasteiger partial charge in [-0.3, -0.25) is 13.9 Å². The molecule has 0 unspecified atom stereocenters. The normalized spacial score (nSPS) is 11.9. The molecule has 0 radical (unpaired) electrons. The number of nitrogens with one attached hydrogen (secondary N) is 1. The quantitative estimate of drug-likeness (QED) is 0.178. The van der Waals surface area contributed by atoms with Gasteiger partial charge in [0.25, 0.3) is 10.0 Å². The molecule has 0 saturated carbocycles. The molecule has 0 aliphatic heterocycles.